The zero-order valence-electron chi connectivity index (χ0n) is 11.8. The lowest BCUT2D eigenvalue weighted by Gasteiger charge is -2.28. The molecular weight excluding hydrogens is 316 g/mol. The molecule has 1 fully saturated rings. The maximum Gasteiger partial charge on any atom is 0.243 e. The molecule has 108 valence electrons. The summed E-state index contributed by atoms with van der Waals surface area (Å²) in [4.78, 5) is 4.52. The molecule has 0 bridgehead atoms. The highest BCUT2D eigenvalue weighted by molar-refractivity contribution is 9.10. The van der Waals surface area contributed by atoms with E-state index in [4.69, 9.17) is 0 Å². The summed E-state index contributed by atoms with van der Waals surface area (Å²) in [6, 6.07) is 4.49. The van der Waals surface area contributed by atoms with Crippen LogP contribution in [0.5, 0.6) is 0 Å². The Labute approximate surface area is 128 Å². The fourth-order valence-corrected chi connectivity index (χ4v) is 3.43. The standard InChI is InChI=1S/C15H21BrN4/c1-2-3-11-4-7-13(8-5-11)17-15-18-14-9-6-12(16)10-20(14)19-15/h6,9-11,13H,2-5,7-8H2,1H3,(H,17,19). The third-order valence-corrected chi connectivity index (χ3v) is 4.64. The van der Waals surface area contributed by atoms with Gasteiger partial charge in [0.1, 0.15) is 0 Å². The second-order valence-corrected chi connectivity index (χ2v) is 6.65. The van der Waals surface area contributed by atoms with Crippen molar-refractivity contribution in [2.24, 2.45) is 5.92 Å². The highest BCUT2D eigenvalue weighted by atomic mass is 79.9. The predicted molar refractivity (Wildman–Crippen MR) is 85.0 cm³/mol. The van der Waals surface area contributed by atoms with Crippen molar-refractivity contribution in [1.82, 2.24) is 14.6 Å². The van der Waals surface area contributed by atoms with Crippen molar-refractivity contribution in [3.05, 3.63) is 22.8 Å². The summed E-state index contributed by atoms with van der Waals surface area (Å²) in [5.74, 6) is 1.69. The van der Waals surface area contributed by atoms with E-state index in [1.165, 1.54) is 38.5 Å². The number of hydrogen-bond acceptors (Lipinski definition) is 3. The van der Waals surface area contributed by atoms with E-state index in [2.05, 4.69) is 38.3 Å². The molecule has 1 N–H and O–H groups in total. The molecule has 2 heterocycles. The first kappa shape index (κ1) is 13.9. The van der Waals surface area contributed by atoms with E-state index in [0.29, 0.717) is 6.04 Å². The van der Waals surface area contributed by atoms with Crippen molar-refractivity contribution in [2.45, 2.75) is 51.5 Å². The van der Waals surface area contributed by atoms with Crippen LogP contribution in [0.25, 0.3) is 5.65 Å². The number of rotatable bonds is 4. The maximum atomic E-state index is 4.52. The van der Waals surface area contributed by atoms with Gasteiger partial charge in [0.2, 0.25) is 5.95 Å². The van der Waals surface area contributed by atoms with E-state index in [1.807, 2.05) is 22.8 Å². The topological polar surface area (TPSA) is 42.2 Å². The van der Waals surface area contributed by atoms with Gasteiger partial charge in [-0.25, -0.2) is 4.52 Å². The van der Waals surface area contributed by atoms with E-state index < -0.39 is 0 Å². The maximum absolute atomic E-state index is 4.52. The van der Waals surface area contributed by atoms with Gasteiger partial charge < -0.3 is 5.32 Å². The molecule has 3 rings (SSSR count). The van der Waals surface area contributed by atoms with Gasteiger partial charge in [0.05, 0.1) is 0 Å². The molecule has 0 unspecified atom stereocenters. The van der Waals surface area contributed by atoms with E-state index in [1.54, 1.807) is 0 Å². The summed E-state index contributed by atoms with van der Waals surface area (Å²) in [5, 5.41) is 7.98. The number of aromatic nitrogens is 3. The van der Waals surface area contributed by atoms with Crippen LogP contribution in [-0.2, 0) is 0 Å². The summed E-state index contributed by atoms with van der Waals surface area (Å²) in [5.41, 5.74) is 0.885. The zero-order valence-corrected chi connectivity index (χ0v) is 13.4. The number of nitrogens with one attached hydrogen (secondary N) is 1. The fraction of sp³-hybridized carbons (Fsp3) is 0.600. The Hall–Kier alpha value is -1.10. The summed E-state index contributed by atoms with van der Waals surface area (Å²) in [6.07, 6.45) is 9.79. The van der Waals surface area contributed by atoms with Crippen LogP contribution in [0, 0.1) is 5.92 Å². The quantitative estimate of drug-likeness (QED) is 0.906. The molecular formula is C15H21BrN4. The highest BCUT2D eigenvalue weighted by Gasteiger charge is 2.21. The number of fused-ring (bicyclic) bond motifs is 1. The molecule has 20 heavy (non-hydrogen) atoms. The average Bonchev–Trinajstić information content (AvgIpc) is 2.82. The minimum atomic E-state index is 0.531. The Morgan fingerprint density at radius 2 is 2.10 bits per heavy atom. The van der Waals surface area contributed by atoms with Gasteiger partial charge in [-0.05, 0) is 59.7 Å². The number of nitrogens with zero attached hydrogens (tertiary/aromatic N) is 3. The Balaban J connectivity index is 1.62. The molecule has 0 amide bonds. The van der Waals surface area contributed by atoms with Crippen molar-refractivity contribution in [3.8, 4) is 0 Å². The normalized spacial score (nSPS) is 23.1. The fourth-order valence-electron chi connectivity index (χ4n) is 3.11. The Kier molecular flexibility index (Phi) is 4.24. The van der Waals surface area contributed by atoms with Crippen molar-refractivity contribution >= 4 is 27.5 Å². The molecule has 5 heteroatoms. The van der Waals surface area contributed by atoms with Crippen molar-refractivity contribution in [2.75, 3.05) is 5.32 Å². The number of halogens is 1. The van der Waals surface area contributed by atoms with Crippen molar-refractivity contribution < 1.29 is 0 Å². The molecule has 0 radical (unpaired) electrons. The van der Waals surface area contributed by atoms with Crippen LogP contribution in [0.3, 0.4) is 0 Å². The van der Waals surface area contributed by atoms with Crippen LogP contribution in [-0.4, -0.2) is 20.6 Å². The molecule has 0 aliphatic heterocycles. The van der Waals surface area contributed by atoms with Crippen LogP contribution in [0.15, 0.2) is 22.8 Å². The summed E-state index contributed by atoms with van der Waals surface area (Å²) in [7, 11) is 0. The summed E-state index contributed by atoms with van der Waals surface area (Å²) >= 11 is 3.45. The molecule has 4 nitrogen and oxygen atoms in total. The first-order valence-corrected chi connectivity index (χ1v) is 8.32. The first-order chi connectivity index (χ1) is 9.74. The van der Waals surface area contributed by atoms with Gasteiger partial charge in [-0.15, -0.1) is 5.10 Å². The van der Waals surface area contributed by atoms with E-state index >= 15 is 0 Å². The molecule has 1 aliphatic rings. The lowest BCUT2D eigenvalue weighted by atomic mass is 9.83. The van der Waals surface area contributed by atoms with Gasteiger partial charge in [0.15, 0.2) is 5.65 Å². The molecule has 2 aromatic heterocycles. The molecule has 0 aromatic carbocycles. The zero-order chi connectivity index (χ0) is 13.9. The Morgan fingerprint density at radius 1 is 1.30 bits per heavy atom. The molecule has 1 saturated carbocycles. The van der Waals surface area contributed by atoms with E-state index in [0.717, 1.165) is 22.0 Å². The van der Waals surface area contributed by atoms with Crippen LogP contribution in [0.2, 0.25) is 0 Å². The lowest BCUT2D eigenvalue weighted by molar-refractivity contribution is 0.318. The molecule has 0 atom stereocenters. The van der Waals surface area contributed by atoms with Crippen LogP contribution in [0.4, 0.5) is 5.95 Å². The summed E-state index contributed by atoms with van der Waals surface area (Å²) in [6.45, 7) is 2.28. The summed E-state index contributed by atoms with van der Waals surface area (Å²) < 4.78 is 2.83. The monoisotopic (exact) mass is 336 g/mol. The molecule has 0 spiro atoms. The number of pyridine rings is 1. The number of hydrogen-bond donors (Lipinski definition) is 1. The van der Waals surface area contributed by atoms with Crippen LogP contribution in [0.1, 0.15) is 45.4 Å². The third-order valence-electron chi connectivity index (χ3n) is 4.17. The minimum Gasteiger partial charge on any atom is -0.350 e. The van der Waals surface area contributed by atoms with Gasteiger partial charge in [0, 0.05) is 16.7 Å². The van der Waals surface area contributed by atoms with Crippen molar-refractivity contribution in [3.63, 3.8) is 0 Å². The van der Waals surface area contributed by atoms with Gasteiger partial charge in [-0.2, -0.15) is 4.98 Å². The average molecular weight is 337 g/mol. The molecule has 0 saturated heterocycles. The largest absolute Gasteiger partial charge is 0.350 e. The highest BCUT2D eigenvalue weighted by Crippen LogP contribution is 2.29. The van der Waals surface area contributed by atoms with Gasteiger partial charge in [-0.1, -0.05) is 19.8 Å². The van der Waals surface area contributed by atoms with Crippen LogP contribution < -0.4 is 5.32 Å². The molecule has 2 aromatic rings. The SMILES string of the molecule is CCCC1CCC(Nc2nc3ccc(Br)cn3n2)CC1. The second kappa shape index (κ2) is 6.12. The van der Waals surface area contributed by atoms with Gasteiger partial charge in [-0.3, -0.25) is 0 Å². The van der Waals surface area contributed by atoms with E-state index in [9.17, 15) is 0 Å². The third kappa shape index (κ3) is 3.14. The minimum absolute atomic E-state index is 0.531. The van der Waals surface area contributed by atoms with Crippen molar-refractivity contribution in [1.29, 1.82) is 0 Å². The van der Waals surface area contributed by atoms with Gasteiger partial charge >= 0.3 is 0 Å². The Morgan fingerprint density at radius 3 is 2.85 bits per heavy atom. The Bertz CT molecular complexity index is 572. The smallest absolute Gasteiger partial charge is 0.243 e. The van der Waals surface area contributed by atoms with Crippen LogP contribution >= 0.6 is 15.9 Å². The lowest BCUT2D eigenvalue weighted by Crippen LogP contribution is -2.26. The van der Waals surface area contributed by atoms with Gasteiger partial charge in [0.25, 0.3) is 0 Å². The first-order valence-electron chi connectivity index (χ1n) is 7.53. The molecule has 1 aliphatic carbocycles. The second-order valence-electron chi connectivity index (χ2n) is 5.74. The van der Waals surface area contributed by atoms with E-state index in [-0.39, 0.29) is 0 Å². The predicted octanol–water partition coefficient (Wildman–Crippen LogP) is 4.26. The number of anilines is 1.